The van der Waals surface area contributed by atoms with E-state index in [-0.39, 0.29) is 17.1 Å². The summed E-state index contributed by atoms with van der Waals surface area (Å²) in [6.07, 6.45) is 1.04. The van der Waals surface area contributed by atoms with Crippen LogP contribution in [0.3, 0.4) is 0 Å². The molecule has 0 aliphatic carbocycles. The fourth-order valence-corrected chi connectivity index (χ4v) is 2.89. The average molecular weight is 328 g/mol. The van der Waals surface area contributed by atoms with Crippen LogP contribution in [0.2, 0.25) is 4.34 Å². The molecule has 0 saturated carbocycles. The second-order valence-electron chi connectivity index (χ2n) is 4.19. The van der Waals surface area contributed by atoms with Crippen LogP contribution in [0.25, 0.3) is 0 Å². The predicted molar refractivity (Wildman–Crippen MR) is 79.3 cm³/mol. The number of carbonyl (C=O) groups is 1. The molecular weight excluding hydrogens is 318 g/mol. The van der Waals surface area contributed by atoms with Gasteiger partial charge in [-0.15, -0.1) is 11.3 Å². The Balaban J connectivity index is 2.33. The van der Waals surface area contributed by atoms with Gasteiger partial charge in [-0.25, -0.2) is 9.78 Å². The van der Waals surface area contributed by atoms with E-state index in [1.54, 1.807) is 18.0 Å². The smallest absolute Gasteiger partial charge is 0.339 e. The number of thiophene rings is 1. The van der Waals surface area contributed by atoms with Crippen LogP contribution in [0.4, 0.5) is 11.5 Å². The summed E-state index contributed by atoms with van der Waals surface area (Å²) in [5.41, 5.74) is -0.571. The Kier molecular flexibility index (Phi) is 4.39. The highest BCUT2D eigenvalue weighted by Crippen LogP contribution is 2.26. The molecule has 0 aliphatic rings. The molecule has 0 atom stereocenters. The summed E-state index contributed by atoms with van der Waals surface area (Å²) in [5.74, 6) is -1.10. The Labute approximate surface area is 128 Å². The molecule has 2 rings (SSSR count). The topological polar surface area (TPSA) is 96.6 Å². The molecule has 2 heterocycles. The van der Waals surface area contributed by atoms with E-state index in [9.17, 15) is 20.0 Å². The molecular formula is C12H10ClN3O4S. The minimum Gasteiger partial charge on any atom is -0.478 e. The lowest BCUT2D eigenvalue weighted by atomic mass is 10.2. The van der Waals surface area contributed by atoms with Gasteiger partial charge in [0.25, 0.3) is 5.69 Å². The van der Waals surface area contributed by atoms with Crippen molar-refractivity contribution in [1.82, 2.24) is 4.98 Å². The Morgan fingerprint density at radius 1 is 1.57 bits per heavy atom. The van der Waals surface area contributed by atoms with Crippen molar-refractivity contribution < 1.29 is 14.8 Å². The number of hydrogen-bond donors (Lipinski definition) is 1. The fourth-order valence-electron chi connectivity index (χ4n) is 1.75. The van der Waals surface area contributed by atoms with Gasteiger partial charge < -0.3 is 10.0 Å². The van der Waals surface area contributed by atoms with Gasteiger partial charge in [-0.1, -0.05) is 11.6 Å². The maximum absolute atomic E-state index is 11.2. The molecule has 7 nitrogen and oxygen atoms in total. The van der Waals surface area contributed by atoms with Crippen LogP contribution in [0, 0.1) is 10.1 Å². The molecule has 1 N–H and O–H groups in total. The van der Waals surface area contributed by atoms with Gasteiger partial charge >= 0.3 is 5.97 Å². The average Bonchev–Trinajstić information content (AvgIpc) is 2.83. The van der Waals surface area contributed by atoms with Crippen molar-refractivity contribution in [1.29, 1.82) is 0 Å². The first-order chi connectivity index (χ1) is 9.88. The molecule has 2 aromatic heterocycles. The number of nitrogens with zero attached hydrogens (tertiary/aromatic N) is 3. The summed E-state index contributed by atoms with van der Waals surface area (Å²) in [6, 6.07) is 4.58. The molecule has 0 spiro atoms. The summed E-state index contributed by atoms with van der Waals surface area (Å²) < 4.78 is 0.633. The number of anilines is 1. The molecule has 21 heavy (non-hydrogen) atoms. The Bertz CT molecular complexity index is 704. The second-order valence-corrected chi connectivity index (χ2v) is 5.99. The van der Waals surface area contributed by atoms with Crippen molar-refractivity contribution in [2.45, 2.75) is 6.54 Å². The van der Waals surface area contributed by atoms with Crippen molar-refractivity contribution in [2.24, 2.45) is 0 Å². The van der Waals surface area contributed by atoms with Gasteiger partial charge in [0.2, 0.25) is 0 Å². The number of pyridine rings is 1. The molecule has 0 bridgehead atoms. The van der Waals surface area contributed by atoms with Gasteiger partial charge in [-0.05, 0) is 12.1 Å². The van der Waals surface area contributed by atoms with Crippen molar-refractivity contribution in [3.8, 4) is 0 Å². The summed E-state index contributed by atoms with van der Waals surface area (Å²) in [5, 5.41) is 19.9. The van der Waals surface area contributed by atoms with E-state index in [0.717, 1.165) is 17.1 Å². The summed E-state index contributed by atoms with van der Waals surface area (Å²) in [6.45, 7) is 0.405. The van der Waals surface area contributed by atoms with Gasteiger partial charge in [0, 0.05) is 18.0 Å². The van der Waals surface area contributed by atoms with Gasteiger partial charge in [-0.2, -0.15) is 0 Å². The van der Waals surface area contributed by atoms with Crippen LogP contribution in [0.5, 0.6) is 0 Å². The van der Waals surface area contributed by atoms with E-state index in [2.05, 4.69) is 4.98 Å². The minimum atomic E-state index is -1.27. The number of nitro groups is 1. The van der Waals surface area contributed by atoms with Crippen molar-refractivity contribution >= 4 is 40.4 Å². The lowest BCUT2D eigenvalue weighted by molar-refractivity contribution is -0.385. The second kappa shape index (κ2) is 6.06. The van der Waals surface area contributed by atoms with E-state index >= 15 is 0 Å². The third-order valence-corrected chi connectivity index (χ3v) is 3.89. The first kappa shape index (κ1) is 15.2. The van der Waals surface area contributed by atoms with Crippen molar-refractivity contribution in [2.75, 3.05) is 11.9 Å². The maximum atomic E-state index is 11.2. The molecule has 110 valence electrons. The van der Waals surface area contributed by atoms with E-state index in [1.165, 1.54) is 11.3 Å². The van der Waals surface area contributed by atoms with E-state index in [4.69, 9.17) is 11.6 Å². The van der Waals surface area contributed by atoms with E-state index in [0.29, 0.717) is 10.9 Å². The van der Waals surface area contributed by atoms with E-state index < -0.39 is 10.9 Å². The molecule has 0 radical (unpaired) electrons. The first-order valence-electron chi connectivity index (χ1n) is 5.71. The third kappa shape index (κ3) is 3.47. The van der Waals surface area contributed by atoms with Crippen LogP contribution in [-0.2, 0) is 6.54 Å². The van der Waals surface area contributed by atoms with Crippen LogP contribution in [0.1, 0.15) is 15.2 Å². The minimum absolute atomic E-state index is 0.164. The van der Waals surface area contributed by atoms with Gasteiger partial charge in [0.05, 0.1) is 15.8 Å². The largest absolute Gasteiger partial charge is 0.478 e. The quantitative estimate of drug-likeness (QED) is 0.669. The Morgan fingerprint density at radius 2 is 2.29 bits per heavy atom. The Hall–Kier alpha value is -2.19. The zero-order valence-electron chi connectivity index (χ0n) is 10.8. The molecule has 0 amide bonds. The number of aromatic carboxylic acids is 1. The molecule has 0 aromatic carbocycles. The summed E-state index contributed by atoms with van der Waals surface area (Å²) >= 11 is 7.22. The lowest BCUT2D eigenvalue weighted by Gasteiger charge is -2.18. The van der Waals surface area contributed by atoms with Crippen molar-refractivity contribution in [3.05, 3.63) is 49.3 Å². The number of hydrogen-bond acceptors (Lipinski definition) is 6. The number of halogens is 1. The maximum Gasteiger partial charge on any atom is 0.339 e. The Morgan fingerprint density at radius 3 is 2.81 bits per heavy atom. The highest BCUT2D eigenvalue weighted by Gasteiger charge is 2.20. The molecule has 2 aromatic rings. The van der Waals surface area contributed by atoms with Crippen LogP contribution in [-0.4, -0.2) is 28.0 Å². The highest BCUT2D eigenvalue weighted by molar-refractivity contribution is 7.16. The van der Waals surface area contributed by atoms with Gasteiger partial charge in [-0.3, -0.25) is 10.1 Å². The van der Waals surface area contributed by atoms with Gasteiger partial charge in [0.15, 0.2) is 0 Å². The molecule has 0 unspecified atom stereocenters. The highest BCUT2D eigenvalue weighted by atomic mass is 35.5. The van der Waals surface area contributed by atoms with Crippen LogP contribution in [0.15, 0.2) is 24.4 Å². The zero-order chi connectivity index (χ0) is 15.6. The molecule has 0 aliphatic heterocycles. The van der Waals surface area contributed by atoms with Crippen LogP contribution < -0.4 is 4.90 Å². The summed E-state index contributed by atoms with van der Waals surface area (Å²) in [4.78, 5) is 27.7. The number of aromatic nitrogens is 1. The standard InChI is InChI=1S/C12H10ClN3O4S/c1-15(6-8-2-3-10(13)21-8)11-9(12(17)18)4-7(5-14-11)16(19)20/h2-5H,6H2,1H3,(H,17,18). The predicted octanol–water partition coefficient (Wildman–Crippen LogP) is 3.04. The van der Waals surface area contributed by atoms with Crippen LogP contribution >= 0.6 is 22.9 Å². The van der Waals surface area contributed by atoms with Crippen molar-refractivity contribution in [3.63, 3.8) is 0 Å². The number of rotatable bonds is 5. The summed E-state index contributed by atoms with van der Waals surface area (Å²) in [7, 11) is 1.66. The number of carboxylic acids is 1. The van der Waals surface area contributed by atoms with Gasteiger partial charge in [0.1, 0.15) is 17.6 Å². The zero-order valence-corrected chi connectivity index (χ0v) is 12.4. The molecule has 9 heteroatoms. The molecule has 0 saturated heterocycles. The third-order valence-electron chi connectivity index (χ3n) is 2.68. The lowest BCUT2D eigenvalue weighted by Crippen LogP contribution is -2.20. The SMILES string of the molecule is CN(Cc1ccc(Cl)s1)c1ncc([N+](=O)[O-])cc1C(=O)O. The number of carboxylic acid groups (broad SMARTS) is 1. The normalized spacial score (nSPS) is 10.4. The first-order valence-corrected chi connectivity index (χ1v) is 6.91. The monoisotopic (exact) mass is 327 g/mol. The fraction of sp³-hybridized carbons (Fsp3) is 0.167. The molecule has 0 fully saturated rings. The van der Waals surface area contributed by atoms with E-state index in [1.807, 2.05) is 6.07 Å².